The molecule has 0 aliphatic heterocycles. The molecule has 0 aromatic heterocycles. The zero-order chi connectivity index (χ0) is 13.2. The highest BCUT2D eigenvalue weighted by Crippen LogP contribution is 2.13. The van der Waals surface area contributed by atoms with Gasteiger partial charge in [-0.15, -0.1) is 6.42 Å². The van der Waals surface area contributed by atoms with E-state index < -0.39 is 0 Å². The molecule has 1 aromatic carbocycles. The van der Waals surface area contributed by atoms with Crippen LogP contribution in [0.3, 0.4) is 0 Å². The third-order valence-corrected chi connectivity index (χ3v) is 2.70. The lowest BCUT2D eigenvalue weighted by Crippen LogP contribution is -2.26. The summed E-state index contributed by atoms with van der Waals surface area (Å²) in [5, 5.41) is 3.38. The van der Waals surface area contributed by atoms with E-state index in [1.165, 1.54) is 5.56 Å². The van der Waals surface area contributed by atoms with Crippen molar-refractivity contribution >= 4 is 0 Å². The van der Waals surface area contributed by atoms with Crippen molar-refractivity contribution in [1.29, 1.82) is 0 Å². The Kier molecular flexibility index (Phi) is 6.98. The summed E-state index contributed by atoms with van der Waals surface area (Å²) in [6, 6.07) is 8.33. The number of nitrogens with one attached hydrogen (secondary N) is 1. The molecule has 2 nitrogen and oxygen atoms in total. The van der Waals surface area contributed by atoms with Crippen molar-refractivity contribution in [2.45, 2.75) is 45.7 Å². The van der Waals surface area contributed by atoms with Crippen LogP contribution in [0.25, 0.3) is 0 Å². The van der Waals surface area contributed by atoms with Crippen LogP contribution in [0.2, 0.25) is 0 Å². The molecule has 1 aromatic rings. The molecule has 0 heterocycles. The zero-order valence-corrected chi connectivity index (χ0v) is 11.4. The van der Waals surface area contributed by atoms with Crippen molar-refractivity contribution < 1.29 is 4.74 Å². The lowest BCUT2D eigenvalue weighted by molar-refractivity contribution is 0.317. The van der Waals surface area contributed by atoms with E-state index in [2.05, 4.69) is 37.2 Å². The molecule has 2 heteroatoms. The fourth-order valence-corrected chi connectivity index (χ4v) is 1.74. The standard InChI is InChI=1S/C16H23NO/c1-4-8-15(6-3)17-13-14-9-7-10-16(12-14)18-11-5-2/h3,7,9-10,12,15,17H,4-5,8,11,13H2,1-2H3. The average molecular weight is 245 g/mol. The second-order valence-electron chi connectivity index (χ2n) is 4.38. The van der Waals surface area contributed by atoms with E-state index in [1.54, 1.807) is 0 Å². The third kappa shape index (κ3) is 5.25. The van der Waals surface area contributed by atoms with E-state index in [1.807, 2.05) is 12.1 Å². The Hall–Kier alpha value is -1.46. The predicted molar refractivity (Wildman–Crippen MR) is 76.6 cm³/mol. The van der Waals surface area contributed by atoms with Crippen molar-refractivity contribution in [3.05, 3.63) is 29.8 Å². The molecule has 1 N–H and O–H groups in total. The lowest BCUT2D eigenvalue weighted by Gasteiger charge is -2.12. The highest BCUT2D eigenvalue weighted by atomic mass is 16.5. The van der Waals surface area contributed by atoms with Gasteiger partial charge in [0.05, 0.1) is 12.6 Å². The number of terminal acetylenes is 1. The molecule has 1 unspecified atom stereocenters. The van der Waals surface area contributed by atoms with Crippen molar-refractivity contribution in [1.82, 2.24) is 5.32 Å². The molecule has 0 aliphatic carbocycles. The maximum Gasteiger partial charge on any atom is 0.119 e. The summed E-state index contributed by atoms with van der Waals surface area (Å²) in [7, 11) is 0. The third-order valence-electron chi connectivity index (χ3n) is 2.70. The molecule has 0 spiro atoms. The van der Waals surface area contributed by atoms with Gasteiger partial charge in [0.25, 0.3) is 0 Å². The number of benzene rings is 1. The summed E-state index contributed by atoms with van der Waals surface area (Å²) in [6.07, 6.45) is 8.62. The van der Waals surface area contributed by atoms with Crippen LogP contribution < -0.4 is 10.1 Å². The second kappa shape index (κ2) is 8.60. The number of hydrogen-bond acceptors (Lipinski definition) is 2. The van der Waals surface area contributed by atoms with Gasteiger partial charge in [-0.1, -0.05) is 38.3 Å². The van der Waals surface area contributed by atoms with Crippen LogP contribution in [0.1, 0.15) is 38.7 Å². The molecule has 0 amide bonds. The van der Waals surface area contributed by atoms with Gasteiger partial charge < -0.3 is 4.74 Å². The number of ether oxygens (including phenoxy) is 1. The Labute approximate surface area is 111 Å². The molecule has 1 atom stereocenters. The van der Waals surface area contributed by atoms with Crippen molar-refractivity contribution in [2.75, 3.05) is 6.61 Å². The van der Waals surface area contributed by atoms with E-state index in [4.69, 9.17) is 11.2 Å². The van der Waals surface area contributed by atoms with Gasteiger partial charge in [0.15, 0.2) is 0 Å². The second-order valence-corrected chi connectivity index (χ2v) is 4.38. The molecule has 18 heavy (non-hydrogen) atoms. The van der Waals surface area contributed by atoms with Gasteiger partial charge in [-0.05, 0) is 30.5 Å². The number of rotatable bonds is 8. The van der Waals surface area contributed by atoms with Gasteiger partial charge >= 0.3 is 0 Å². The molecule has 98 valence electrons. The summed E-state index contributed by atoms with van der Waals surface area (Å²) in [4.78, 5) is 0. The van der Waals surface area contributed by atoms with Gasteiger partial charge in [-0.25, -0.2) is 0 Å². The summed E-state index contributed by atoms with van der Waals surface area (Å²) >= 11 is 0. The summed E-state index contributed by atoms with van der Waals surface area (Å²) in [5.41, 5.74) is 1.21. The van der Waals surface area contributed by atoms with Crippen LogP contribution in [-0.2, 0) is 6.54 Å². The Morgan fingerprint density at radius 2 is 2.17 bits per heavy atom. The highest BCUT2D eigenvalue weighted by molar-refractivity contribution is 5.28. The molecule has 0 fully saturated rings. The smallest absolute Gasteiger partial charge is 0.119 e. The van der Waals surface area contributed by atoms with Gasteiger partial charge in [-0.3, -0.25) is 5.32 Å². The Bertz CT molecular complexity index is 381. The Morgan fingerprint density at radius 1 is 1.33 bits per heavy atom. The van der Waals surface area contributed by atoms with E-state index in [0.717, 1.165) is 38.2 Å². The largest absolute Gasteiger partial charge is 0.494 e. The summed E-state index contributed by atoms with van der Waals surface area (Å²) < 4.78 is 5.61. The minimum atomic E-state index is 0.162. The van der Waals surface area contributed by atoms with E-state index in [0.29, 0.717) is 0 Å². The highest BCUT2D eigenvalue weighted by Gasteiger charge is 2.03. The van der Waals surface area contributed by atoms with Gasteiger partial charge in [0.1, 0.15) is 5.75 Å². The molecule has 0 saturated carbocycles. The first-order valence-electron chi connectivity index (χ1n) is 6.71. The first-order valence-corrected chi connectivity index (χ1v) is 6.71. The molecule has 0 bridgehead atoms. The molecular formula is C16H23NO. The van der Waals surface area contributed by atoms with Gasteiger partial charge in [0.2, 0.25) is 0 Å². The molecule has 0 radical (unpaired) electrons. The van der Waals surface area contributed by atoms with Crippen LogP contribution in [0, 0.1) is 12.3 Å². The summed E-state index contributed by atoms with van der Waals surface area (Å²) in [6.45, 7) is 5.80. The van der Waals surface area contributed by atoms with E-state index >= 15 is 0 Å². The molecule has 0 saturated heterocycles. The fourth-order valence-electron chi connectivity index (χ4n) is 1.74. The van der Waals surface area contributed by atoms with Crippen molar-refractivity contribution in [3.63, 3.8) is 0 Å². The maximum atomic E-state index is 5.61. The minimum Gasteiger partial charge on any atom is -0.494 e. The monoisotopic (exact) mass is 245 g/mol. The Morgan fingerprint density at radius 3 is 2.83 bits per heavy atom. The predicted octanol–water partition coefficient (Wildman–Crippen LogP) is 3.37. The topological polar surface area (TPSA) is 21.3 Å². The first-order chi connectivity index (χ1) is 8.80. The first kappa shape index (κ1) is 14.6. The normalized spacial score (nSPS) is 11.8. The van der Waals surface area contributed by atoms with Gasteiger partial charge in [0, 0.05) is 6.54 Å². The molecule has 0 aliphatic rings. The fraction of sp³-hybridized carbons (Fsp3) is 0.500. The van der Waals surface area contributed by atoms with Gasteiger partial charge in [-0.2, -0.15) is 0 Å². The Balaban J connectivity index is 2.49. The van der Waals surface area contributed by atoms with Crippen LogP contribution in [0.5, 0.6) is 5.75 Å². The molecular weight excluding hydrogens is 222 g/mol. The average Bonchev–Trinajstić information content (AvgIpc) is 2.41. The molecule has 1 rings (SSSR count). The minimum absolute atomic E-state index is 0.162. The van der Waals surface area contributed by atoms with Crippen LogP contribution in [0.15, 0.2) is 24.3 Å². The van der Waals surface area contributed by atoms with Crippen LogP contribution >= 0.6 is 0 Å². The van der Waals surface area contributed by atoms with E-state index in [9.17, 15) is 0 Å². The van der Waals surface area contributed by atoms with Crippen LogP contribution in [0.4, 0.5) is 0 Å². The maximum absolute atomic E-state index is 5.61. The summed E-state index contributed by atoms with van der Waals surface area (Å²) in [5.74, 6) is 3.71. The SMILES string of the molecule is C#CC(CCC)NCc1cccc(OCCC)c1. The van der Waals surface area contributed by atoms with E-state index in [-0.39, 0.29) is 6.04 Å². The van der Waals surface area contributed by atoms with Crippen LogP contribution in [-0.4, -0.2) is 12.6 Å². The zero-order valence-electron chi connectivity index (χ0n) is 11.4. The quantitative estimate of drug-likeness (QED) is 0.709. The van der Waals surface area contributed by atoms with Crippen molar-refractivity contribution in [3.8, 4) is 18.1 Å². The number of hydrogen-bond donors (Lipinski definition) is 1. The van der Waals surface area contributed by atoms with Crippen molar-refractivity contribution in [2.24, 2.45) is 0 Å². The lowest BCUT2D eigenvalue weighted by atomic mass is 10.1.